The van der Waals surface area contributed by atoms with Gasteiger partial charge in [-0.25, -0.2) is 26.3 Å². The Morgan fingerprint density at radius 2 is 1.19 bits per heavy atom. The second kappa shape index (κ2) is 9.38. The first-order valence-corrected chi connectivity index (χ1v) is 13.6. The molecule has 2 aliphatic carbocycles. The lowest BCUT2D eigenvalue weighted by Gasteiger charge is -2.35. The van der Waals surface area contributed by atoms with Gasteiger partial charge in [0.15, 0.2) is 23.3 Å². The summed E-state index contributed by atoms with van der Waals surface area (Å²) in [7, 11) is 0. The van der Waals surface area contributed by atoms with Gasteiger partial charge in [-0.3, -0.25) is 0 Å². The number of rotatable bonds is 0. The first-order valence-electron chi connectivity index (χ1n) is 10.1. The Hall–Kier alpha value is -0.320. The molecule has 0 unspecified atom stereocenters. The summed E-state index contributed by atoms with van der Waals surface area (Å²) in [6.45, 7) is 0. The monoisotopic (exact) mass is 618 g/mol. The second-order valence-electron chi connectivity index (χ2n) is 7.88. The molecule has 2 aromatic carbocycles. The van der Waals surface area contributed by atoms with Crippen molar-refractivity contribution in [2.24, 2.45) is 0 Å². The fourth-order valence-corrected chi connectivity index (χ4v) is 9.16. The third-order valence-electron chi connectivity index (χ3n) is 5.90. The molecule has 0 N–H and O–H groups in total. The van der Waals surface area contributed by atoms with Crippen molar-refractivity contribution in [3.63, 3.8) is 0 Å². The van der Waals surface area contributed by atoms with Crippen LogP contribution in [0.3, 0.4) is 0 Å². The van der Waals surface area contributed by atoms with Crippen LogP contribution in [0.15, 0.2) is 21.1 Å². The maximum absolute atomic E-state index is 14.1. The van der Waals surface area contributed by atoms with Gasteiger partial charge in [-0.05, 0) is 55.4 Å². The predicted octanol–water partition coefficient (Wildman–Crippen LogP) is 8.85. The van der Waals surface area contributed by atoms with Crippen molar-refractivity contribution in [2.45, 2.75) is 48.5 Å². The maximum atomic E-state index is 14.1. The summed E-state index contributed by atoms with van der Waals surface area (Å²) < 4.78 is 81.5. The van der Waals surface area contributed by atoms with Crippen LogP contribution in [0.2, 0.25) is 0 Å². The van der Waals surface area contributed by atoms with E-state index in [1.54, 1.807) is 23.5 Å². The lowest BCUT2D eigenvalue weighted by atomic mass is 9.88. The van der Waals surface area contributed by atoms with Crippen molar-refractivity contribution >= 4 is 55.4 Å². The van der Waals surface area contributed by atoms with E-state index >= 15 is 0 Å². The van der Waals surface area contributed by atoms with Crippen LogP contribution in [-0.4, -0.2) is 11.5 Å². The van der Waals surface area contributed by atoms with E-state index in [-0.39, 0.29) is 20.5 Å². The molecule has 0 radical (unpaired) electrons. The smallest absolute Gasteiger partial charge is 0.204 e. The Kier molecular flexibility index (Phi) is 7.27. The summed E-state index contributed by atoms with van der Waals surface area (Å²) in [6.07, 6.45) is 3.05. The molecule has 0 atom stereocenters. The fraction of sp³-hybridized carbons (Fsp3) is 0.455. The molecule has 1 saturated heterocycles. The number of fused-ring (bicyclic) bond motifs is 3. The largest absolute Gasteiger partial charge is 0.276 e. The molecular weight excluding hydrogens is 602 g/mol. The van der Waals surface area contributed by atoms with Crippen molar-refractivity contribution in [1.82, 2.24) is 0 Å². The molecule has 1 heterocycles. The van der Waals surface area contributed by atoms with Crippen LogP contribution in [0, 0.1) is 23.3 Å². The highest BCUT2D eigenvalue weighted by Crippen LogP contribution is 2.59. The highest BCUT2D eigenvalue weighted by Gasteiger charge is 2.44. The second-order valence-corrected chi connectivity index (χ2v) is 12.6. The number of hydrogen-bond donors (Lipinski definition) is 0. The molecule has 0 saturated carbocycles. The molecular formula is C22H18Br2F6S2. The Morgan fingerprint density at radius 3 is 1.75 bits per heavy atom. The van der Waals surface area contributed by atoms with Crippen LogP contribution in [0.1, 0.15) is 47.9 Å². The van der Waals surface area contributed by atoms with E-state index in [1.165, 1.54) is 6.07 Å². The van der Waals surface area contributed by atoms with Crippen molar-refractivity contribution < 1.29 is 26.3 Å². The number of hydrogen-bond acceptors (Lipinski definition) is 2. The molecule has 0 nitrogen and oxygen atoms in total. The van der Waals surface area contributed by atoms with E-state index in [9.17, 15) is 26.3 Å². The summed E-state index contributed by atoms with van der Waals surface area (Å²) in [5.74, 6) is -5.23. The van der Waals surface area contributed by atoms with Crippen LogP contribution in [0.4, 0.5) is 26.3 Å². The molecule has 2 aromatic rings. The Morgan fingerprint density at radius 1 is 0.719 bits per heavy atom. The first kappa shape index (κ1) is 24.8. The van der Waals surface area contributed by atoms with E-state index in [1.807, 2.05) is 0 Å². The van der Waals surface area contributed by atoms with Gasteiger partial charge in [-0.15, -0.1) is 23.5 Å². The highest BCUT2D eigenvalue weighted by atomic mass is 79.9. The minimum Gasteiger partial charge on any atom is -0.204 e. The summed E-state index contributed by atoms with van der Waals surface area (Å²) in [4.78, 5) is 0. The summed E-state index contributed by atoms with van der Waals surface area (Å²) in [5.41, 5.74) is 0.992. The third kappa shape index (κ3) is 4.38. The summed E-state index contributed by atoms with van der Waals surface area (Å²) in [5, 5.41) is 0. The molecule has 3 aliphatic rings. The minimum atomic E-state index is -3.26. The zero-order valence-electron chi connectivity index (χ0n) is 16.7. The Bertz CT molecular complexity index is 1050. The molecule has 0 aromatic heterocycles. The average Bonchev–Trinajstić information content (AvgIpc) is 3.18. The van der Waals surface area contributed by atoms with E-state index in [0.717, 1.165) is 46.9 Å². The summed E-state index contributed by atoms with van der Waals surface area (Å²) in [6, 6.07) is 2.16. The number of halogens is 8. The van der Waals surface area contributed by atoms with Gasteiger partial charge in [-0.1, -0.05) is 31.9 Å². The van der Waals surface area contributed by atoms with E-state index in [0.29, 0.717) is 12.0 Å². The molecule has 10 heteroatoms. The van der Waals surface area contributed by atoms with Crippen molar-refractivity contribution in [1.29, 1.82) is 0 Å². The zero-order chi connectivity index (χ0) is 23.3. The van der Waals surface area contributed by atoms with Crippen molar-refractivity contribution in [3.05, 3.63) is 66.6 Å². The molecule has 0 bridgehead atoms. The third-order valence-corrected chi connectivity index (χ3v) is 10.8. The van der Waals surface area contributed by atoms with E-state index in [2.05, 4.69) is 31.9 Å². The van der Waals surface area contributed by atoms with Gasteiger partial charge in [0.2, 0.25) is 0 Å². The molecule has 5 rings (SSSR count). The number of alkyl halides is 2. The Balaban J connectivity index is 0.000000155. The van der Waals surface area contributed by atoms with Crippen molar-refractivity contribution in [3.8, 4) is 0 Å². The molecule has 1 spiro atoms. The minimum absolute atomic E-state index is 0.185. The van der Waals surface area contributed by atoms with Gasteiger partial charge in [0.25, 0.3) is 5.92 Å². The maximum Gasteiger partial charge on any atom is 0.276 e. The van der Waals surface area contributed by atoms with Crippen LogP contribution >= 0.6 is 55.4 Å². The topological polar surface area (TPSA) is 0 Å². The average molecular weight is 620 g/mol. The quantitative estimate of drug-likeness (QED) is 0.213. The van der Waals surface area contributed by atoms with Gasteiger partial charge < -0.3 is 0 Å². The lowest BCUT2D eigenvalue weighted by molar-refractivity contribution is -0.0259. The molecule has 1 aliphatic heterocycles. The normalized spacial score (nSPS) is 20.4. The van der Waals surface area contributed by atoms with E-state index in [4.69, 9.17) is 0 Å². The van der Waals surface area contributed by atoms with Crippen LogP contribution in [0.25, 0.3) is 0 Å². The van der Waals surface area contributed by atoms with Gasteiger partial charge in [0.05, 0.1) is 9.64 Å². The van der Waals surface area contributed by atoms with E-state index < -0.39 is 41.2 Å². The summed E-state index contributed by atoms with van der Waals surface area (Å²) >= 11 is 9.90. The lowest BCUT2D eigenvalue weighted by Crippen LogP contribution is -2.24. The molecule has 174 valence electrons. The predicted molar refractivity (Wildman–Crippen MR) is 124 cm³/mol. The highest BCUT2D eigenvalue weighted by molar-refractivity contribution is 9.10. The molecule has 1 fully saturated rings. The van der Waals surface area contributed by atoms with Crippen LogP contribution in [0.5, 0.6) is 0 Å². The molecule has 0 amide bonds. The zero-order valence-corrected chi connectivity index (χ0v) is 21.5. The number of thioether (sulfide) groups is 2. The van der Waals surface area contributed by atoms with Crippen LogP contribution < -0.4 is 0 Å². The first-order chi connectivity index (χ1) is 15.1. The van der Waals surface area contributed by atoms with Gasteiger partial charge in [0, 0.05) is 32.4 Å². The van der Waals surface area contributed by atoms with Crippen LogP contribution in [-0.2, 0) is 22.8 Å². The standard InChI is InChI=1S/C12H11BrF2S2.C10H7BrF4/c13-8-6-9(14)11(15)10-7(8)2-1-3-12(10)16-4-5-17-12;11-6-4-7(12)9(13)8-5(6)2-1-3-10(8,14)15/h6H,1-5H2;4H,1-3H2. The number of benzene rings is 2. The SMILES string of the molecule is Fc1cc(Br)c2c(c1F)C(F)(F)CCC2.Fc1cc(Br)c2c(c1F)C1(CCC2)SCCS1. The van der Waals surface area contributed by atoms with Gasteiger partial charge in [0.1, 0.15) is 0 Å². The molecule has 32 heavy (non-hydrogen) atoms. The van der Waals surface area contributed by atoms with Crippen molar-refractivity contribution in [2.75, 3.05) is 11.5 Å². The van der Waals surface area contributed by atoms with Gasteiger partial charge >= 0.3 is 0 Å². The Labute approximate surface area is 207 Å². The fourth-order valence-electron chi connectivity index (χ4n) is 4.51. The van der Waals surface area contributed by atoms with Gasteiger partial charge in [-0.2, -0.15) is 0 Å².